The number of hydrogen-bond acceptors (Lipinski definition) is 5. The Labute approximate surface area is 144 Å². The summed E-state index contributed by atoms with van der Waals surface area (Å²) < 4.78 is 32.5. The van der Waals surface area contributed by atoms with Gasteiger partial charge < -0.3 is 4.74 Å². The Balaban J connectivity index is 2.17. The third-order valence-corrected chi connectivity index (χ3v) is 4.70. The van der Waals surface area contributed by atoms with Crippen LogP contribution in [0.25, 0.3) is 0 Å². The van der Waals surface area contributed by atoms with Gasteiger partial charge in [-0.3, -0.25) is 14.9 Å². The van der Waals surface area contributed by atoms with Gasteiger partial charge in [-0.2, -0.15) is 0 Å². The van der Waals surface area contributed by atoms with Crippen LogP contribution in [0.4, 0.5) is 5.69 Å². The van der Waals surface area contributed by atoms with Crippen molar-refractivity contribution in [2.75, 3.05) is 11.3 Å². The van der Waals surface area contributed by atoms with Gasteiger partial charge in [-0.1, -0.05) is 11.6 Å². The summed E-state index contributed by atoms with van der Waals surface area (Å²) in [5, 5.41) is 0.511. The highest BCUT2D eigenvalue weighted by Gasteiger charge is 2.16. The van der Waals surface area contributed by atoms with Crippen LogP contribution in [-0.4, -0.2) is 20.9 Å². The van der Waals surface area contributed by atoms with Gasteiger partial charge in [0.1, 0.15) is 5.75 Å². The molecular weight excluding hydrogens is 354 g/mol. The second kappa shape index (κ2) is 7.52. The topological polar surface area (TPSA) is 111 Å². The lowest BCUT2D eigenvalue weighted by Gasteiger charge is -2.12. The first kappa shape index (κ1) is 18.1. The number of aryl methyl sites for hydroxylation is 1. The number of carbonyl (C=O) groups excluding carboxylic acids is 1. The number of amides is 1. The summed E-state index contributed by atoms with van der Waals surface area (Å²) >= 11 is 5.77. The van der Waals surface area contributed by atoms with Crippen molar-refractivity contribution in [1.29, 1.82) is 0 Å². The highest BCUT2D eigenvalue weighted by Crippen LogP contribution is 2.24. The molecule has 0 atom stereocenters. The molecule has 0 fully saturated rings. The Morgan fingerprint density at radius 1 is 1.21 bits per heavy atom. The van der Waals surface area contributed by atoms with Crippen molar-refractivity contribution in [3.05, 3.63) is 53.1 Å². The molecule has 2 rings (SSSR count). The summed E-state index contributed by atoms with van der Waals surface area (Å²) in [5.74, 6) is 4.87. The SMILES string of the molecule is Cc1cc(S(=O)(=O)Nc2ccc(Cl)cc2)ccc1OCC(=O)NN. The Hall–Kier alpha value is -2.29. The molecule has 0 radical (unpaired) electrons. The van der Waals surface area contributed by atoms with Crippen molar-refractivity contribution >= 4 is 33.2 Å². The van der Waals surface area contributed by atoms with Crippen molar-refractivity contribution in [3.8, 4) is 5.75 Å². The molecular formula is C15H16ClN3O4S. The van der Waals surface area contributed by atoms with Gasteiger partial charge in [0.15, 0.2) is 6.61 Å². The fraction of sp³-hybridized carbons (Fsp3) is 0.133. The number of halogens is 1. The molecule has 128 valence electrons. The maximum atomic E-state index is 12.4. The minimum atomic E-state index is -3.75. The van der Waals surface area contributed by atoms with Gasteiger partial charge in [-0.05, 0) is 55.0 Å². The first-order chi connectivity index (χ1) is 11.3. The van der Waals surface area contributed by atoms with Crippen LogP contribution < -0.4 is 20.7 Å². The third kappa shape index (κ3) is 4.60. The van der Waals surface area contributed by atoms with Crippen LogP contribution in [0.3, 0.4) is 0 Å². The van der Waals surface area contributed by atoms with Gasteiger partial charge in [-0.15, -0.1) is 0 Å². The Morgan fingerprint density at radius 2 is 1.88 bits per heavy atom. The summed E-state index contributed by atoms with van der Waals surface area (Å²) in [6.45, 7) is 1.42. The van der Waals surface area contributed by atoms with Crippen LogP contribution in [0.2, 0.25) is 5.02 Å². The molecule has 2 aromatic rings. The standard InChI is InChI=1S/C15H16ClN3O4S/c1-10-8-13(6-7-14(10)23-9-15(20)18-17)24(21,22)19-12-4-2-11(16)3-5-12/h2-8,19H,9,17H2,1H3,(H,18,20). The number of nitrogens with one attached hydrogen (secondary N) is 2. The largest absolute Gasteiger partial charge is 0.483 e. The Bertz CT molecular complexity index is 838. The van der Waals surface area contributed by atoms with E-state index in [0.29, 0.717) is 22.0 Å². The molecule has 0 aliphatic carbocycles. The quantitative estimate of drug-likeness (QED) is 0.408. The number of ether oxygens (including phenoxy) is 1. The molecule has 0 aliphatic heterocycles. The van der Waals surface area contributed by atoms with E-state index >= 15 is 0 Å². The number of anilines is 1. The minimum Gasteiger partial charge on any atom is -0.483 e. The van der Waals surface area contributed by atoms with Gasteiger partial charge in [-0.25, -0.2) is 14.3 Å². The van der Waals surface area contributed by atoms with Crippen LogP contribution >= 0.6 is 11.6 Å². The summed E-state index contributed by atoms with van der Waals surface area (Å²) in [6.07, 6.45) is 0. The molecule has 2 aromatic carbocycles. The van der Waals surface area contributed by atoms with Crippen molar-refractivity contribution in [1.82, 2.24) is 5.43 Å². The van der Waals surface area contributed by atoms with Crippen LogP contribution in [0.5, 0.6) is 5.75 Å². The number of hydrogen-bond donors (Lipinski definition) is 3. The maximum Gasteiger partial charge on any atom is 0.271 e. The van der Waals surface area contributed by atoms with Crippen LogP contribution in [0, 0.1) is 6.92 Å². The van der Waals surface area contributed by atoms with E-state index in [1.807, 2.05) is 5.43 Å². The van der Waals surface area contributed by atoms with E-state index in [-0.39, 0.29) is 11.5 Å². The lowest BCUT2D eigenvalue weighted by Crippen LogP contribution is -2.34. The molecule has 0 unspecified atom stereocenters. The summed E-state index contributed by atoms with van der Waals surface area (Å²) in [7, 11) is -3.75. The molecule has 0 spiro atoms. The number of nitrogens with two attached hydrogens (primary N) is 1. The second-order valence-electron chi connectivity index (χ2n) is 4.90. The van der Waals surface area contributed by atoms with Crippen LogP contribution in [0.15, 0.2) is 47.4 Å². The number of hydrazine groups is 1. The number of benzene rings is 2. The zero-order valence-electron chi connectivity index (χ0n) is 12.7. The van der Waals surface area contributed by atoms with Gasteiger partial charge in [0.05, 0.1) is 4.90 Å². The second-order valence-corrected chi connectivity index (χ2v) is 7.01. The minimum absolute atomic E-state index is 0.0746. The van der Waals surface area contributed by atoms with Gasteiger partial charge in [0.25, 0.3) is 15.9 Å². The normalized spacial score (nSPS) is 11.0. The Morgan fingerprint density at radius 3 is 2.46 bits per heavy atom. The van der Waals surface area contributed by atoms with E-state index in [4.69, 9.17) is 22.2 Å². The molecule has 0 saturated carbocycles. The lowest BCUT2D eigenvalue weighted by atomic mass is 10.2. The zero-order chi connectivity index (χ0) is 17.7. The average Bonchev–Trinajstić information content (AvgIpc) is 2.55. The summed E-state index contributed by atoms with van der Waals surface area (Å²) in [4.78, 5) is 11.1. The molecule has 0 aromatic heterocycles. The van der Waals surface area contributed by atoms with Gasteiger partial charge in [0.2, 0.25) is 0 Å². The lowest BCUT2D eigenvalue weighted by molar-refractivity contribution is -0.123. The van der Waals surface area contributed by atoms with E-state index in [1.165, 1.54) is 18.2 Å². The molecule has 7 nitrogen and oxygen atoms in total. The first-order valence-corrected chi connectivity index (χ1v) is 8.69. The van der Waals surface area contributed by atoms with Crippen molar-refractivity contribution in [3.63, 3.8) is 0 Å². The van der Waals surface area contributed by atoms with E-state index in [9.17, 15) is 13.2 Å². The smallest absolute Gasteiger partial charge is 0.271 e. The fourth-order valence-electron chi connectivity index (χ4n) is 1.87. The molecule has 0 bridgehead atoms. The van der Waals surface area contributed by atoms with E-state index in [0.717, 1.165) is 0 Å². The molecule has 0 heterocycles. The van der Waals surface area contributed by atoms with Crippen molar-refractivity contribution in [2.45, 2.75) is 11.8 Å². The molecule has 0 saturated heterocycles. The van der Waals surface area contributed by atoms with Gasteiger partial charge >= 0.3 is 0 Å². The number of carbonyl (C=O) groups is 1. The predicted molar refractivity (Wildman–Crippen MR) is 91.3 cm³/mol. The molecule has 0 aliphatic rings. The van der Waals surface area contributed by atoms with E-state index < -0.39 is 15.9 Å². The summed E-state index contributed by atoms with van der Waals surface area (Å²) in [6, 6.07) is 10.6. The fourth-order valence-corrected chi connectivity index (χ4v) is 3.14. The van der Waals surface area contributed by atoms with Gasteiger partial charge in [0, 0.05) is 10.7 Å². The zero-order valence-corrected chi connectivity index (χ0v) is 14.3. The third-order valence-electron chi connectivity index (χ3n) is 3.07. The molecule has 9 heteroatoms. The number of sulfonamides is 1. The monoisotopic (exact) mass is 369 g/mol. The molecule has 4 N–H and O–H groups in total. The van der Waals surface area contributed by atoms with Crippen molar-refractivity contribution < 1.29 is 17.9 Å². The van der Waals surface area contributed by atoms with E-state index in [2.05, 4.69) is 4.72 Å². The van der Waals surface area contributed by atoms with E-state index in [1.54, 1.807) is 31.2 Å². The van der Waals surface area contributed by atoms with Crippen LogP contribution in [-0.2, 0) is 14.8 Å². The average molecular weight is 370 g/mol. The molecule has 1 amide bonds. The van der Waals surface area contributed by atoms with Crippen molar-refractivity contribution in [2.24, 2.45) is 5.84 Å². The van der Waals surface area contributed by atoms with Crippen LogP contribution in [0.1, 0.15) is 5.56 Å². The molecule has 24 heavy (non-hydrogen) atoms. The maximum absolute atomic E-state index is 12.4. The summed E-state index contributed by atoms with van der Waals surface area (Å²) in [5.41, 5.74) is 2.91. The highest BCUT2D eigenvalue weighted by atomic mass is 35.5. The Kier molecular flexibility index (Phi) is 5.66. The highest BCUT2D eigenvalue weighted by molar-refractivity contribution is 7.92. The number of rotatable bonds is 6. The predicted octanol–water partition coefficient (Wildman–Crippen LogP) is 1.82. The first-order valence-electron chi connectivity index (χ1n) is 6.83.